The summed E-state index contributed by atoms with van der Waals surface area (Å²) < 4.78 is 61.4. The predicted octanol–water partition coefficient (Wildman–Crippen LogP) is 3.88. The fraction of sp³-hybridized carbons (Fsp3) is 0.250. The molecule has 0 saturated carbocycles. The second kappa shape index (κ2) is 3.84. The molecule has 0 atom stereocenters. The Hall–Kier alpha value is -1.04. The summed E-state index contributed by atoms with van der Waals surface area (Å²) in [6.45, 7) is 0. The van der Waals surface area contributed by atoms with Crippen LogP contribution in [0.3, 0.4) is 0 Å². The highest BCUT2D eigenvalue weighted by Gasteiger charge is 2.36. The van der Waals surface area contributed by atoms with Gasteiger partial charge in [-0.2, -0.15) is 13.2 Å². The van der Waals surface area contributed by atoms with E-state index < -0.39 is 23.7 Å². The third kappa shape index (κ3) is 2.50. The van der Waals surface area contributed by atoms with Crippen LogP contribution in [-0.4, -0.2) is 0 Å². The van der Waals surface area contributed by atoms with Crippen molar-refractivity contribution in [3.8, 4) is 0 Å². The summed E-state index contributed by atoms with van der Waals surface area (Å²) in [5.74, 6) is 0. The Balaban J connectivity index is 3.42. The molecule has 0 unspecified atom stereocenters. The van der Waals surface area contributed by atoms with E-state index in [0.29, 0.717) is 12.1 Å². The zero-order valence-corrected chi connectivity index (χ0v) is 7.83. The Kier molecular flexibility index (Phi) is 3.08. The first-order valence-electron chi connectivity index (χ1n) is 3.67. The van der Waals surface area contributed by atoms with E-state index in [2.05, 4.69) is 0 Å². The molecule has 0 aliphatic carbocycles. The van der Waals surface area contributed by atoms with E-state index in [9.17, 15) is 22.0 Å². The molecule has 0 heterocycles. The third-order valence-electron chi connectivity index (χ3n) is 1.71. The molecule has 0 radical (unpaired) electrons. The Labute approximate surface area is 86.6 Å². The zero-order chi connectivity index (χ0) is 11.8. The van der Waals surface area contributed by atoms with Gasteiger partial charge in [0.1, 0.15) is 0 Å². The maximum Gasteiger partial charge on any atom is 0.416 e. The molecule has 0 fully saturated rings. The van der Waals surface area contributed by atoms with Crippen LogP contribution in [0.25, 0.3) is 0 Å². The average molecular weight is 246 g/mol. The Morgan fingerprint density at radius 2 is 1.73 bits per heavy atom. The Morgan fingerprint density at radius 1 is 1.20 bits per heavy atom. The molecule has 1 aromatic carbocycles. The molecule has 0 saturated heterocycles. The van der Waals surface area contributed by atoms with Crippen LogP contribution in [0.4, 0.5) is 27.6 Å². The van der Waals surface area contributed by atoms with Gasteiger partial charge in [-0.05, 0) is 12.1 Å². The highest BCUT2D eigenvalue weighted by Crippen LogP contribution is 2.39. The molecule has 1 aromatic rings. The van der Waals surface area contributed by atoms with Crippen LogP contribution in [-0.2, 0) is 6.18 Å². The van der Waals surface area contributed by atoms with Crippen molar-refractivity contribution in [1.29, 1.82) is 0 Å². The molecule has 84 valence electrons. The van der Waals surface area contributed by atoms with Crippen molar-refractivity contribution in [3.05, 3.63) is 28.3 Å². The normalized spacial score (nSPS) is 12.2. The molecule has 15 heavy (non-hydrogen) atoms. The van der Waals surface area contributed by atoms with Crippen LogP contribution >= 0.6 is 11.6 Å². The first kappa shape index (κ1) is 12.0. The van der Waals surface area contributed by atoms with Gasteiger partial charge in [-0.25, -0.2) is 8.78 Å². The highest BCUT2D eigenvalue weighted by molar-refractivity contribution is 6.33. The fourth-order valence-corrected chi connectivity index (χ4v) is 1.20. The molecule has 7 heteroatoms. The standard InChI is InChI=1S/C8H5ClF5N/c9-5-1-3(7(10)11)4(2-6(5)15)8(12,13)14/h1-2,7H,15H2. The quantitative estimate of drug-likeness (QED) is 0.590. The van der Waals surface area contributed by atoms with E-state index in [4.69, 9.17) is 17.3 Å². The summed E-state index contributed by atoms with van der Waals surface area (Å²) in [5, 5.41) is -0.321. The van der Waals surface area contributed by atoms with Gasteiger partial charge in [0.25, 0.3) is 6.43 Å². The lowest BCUT2D eigenvalue weighted by molar-refractivity contribution is -0.139. The predicted molar refractivity (Wildman–Crippen MR) is 45.8 cm³/mol. The van der Waals surface area contributed by atoms with Crippen LogP contribution in [0.15, 0.2) is 12.1 Å². The highest BCUT2D eigenvalue weighted by atomic mass is 35.5. The number of nitrogen functional groups attached to an aromatic ring is 1. The van der Waals surface area contributed by atoms with E-state index in [1.165, 1.54) is 0 Å². The lowest BCUT2D eigenvalue weighted by atomic mass is 10.1. The molecule has 0 aliphatic heterocycles. The SMILES string of the molecule is Nc1cc(C(F)(F)F)c(C(F)F)cc1Cl. The van der Waals surface area contributed by atoms with Gasteiger partial charge in [-0.15, -0.1) is 0 Å². The topological polar surface area (TPSA) is 26.0 Å². The molecule has 0 amide bonds. The summed E-state index contributed by atoms with van der Waals surface area (Å²) in [6.07, 6.45) is -8.12. The molecule has 1 rings (SSSR count). The monoisotopic (exact) mass is 245 g/mol. The van der Waals surface area contributed by atoms with Gasteiger partial charge in [-0.1, -0.05) is 11.6 Å². The van der Waals surface area contributed by atoms with Gasteiger partial charge in [0.05, 0.1) is 16.3 Å². The van der Waals surface area contributed by atoms with Crippen molar-refractivity contribution >= 4 is 17.3 Å². The lowest BCUT2D eigenvalue weighted by Gasteiger charge is -2.13. The van der Waals surface area contributed by atoms with E-state index in [1.807, 2.05) is 0 Å². The number of nitrogens with two attached hydrogens (primary N) is 1. The van der Waals surface area contributed by atoms with Gasteiger partial charge >= 0.3 is 6.18 Å². The van der Waals surface area contributed by atoms with E-state index in [0.717, 1.165) is 0 Å². The van der Waals surface area contributed by atoms with Gasteiger partial charge in [0, 0.05) is 5.56 Å². The lowest BCUT2D eigenvalue weighted by Crippen LogP contribution is -2.10. The molecular formula is C8H5ClF5N. The number of anilines is 1. The minimum atomic E-state index is -4.87. The number of benzene rings is 1. The van der Waals surface area contributed by atoms with Gasteiger partial charge in [0.15, 0.2) is 0 Å². The number of hydrogen-bond donors (Lipinski definition) is 1. The first-order chi connectivity index (χ1) is 6.73. The number of alkyl halides is 5. The summed E-state index contributed by atoms with van der Waals surface area (Å²) in [6, 6.07) is 0.939. The molecule has 1 nitrogen and oxygen atoms in total. The van der Waals surface area contributed by atoms with E-state index in [1.54, 1.807) is 0 Å². The maximum absolute atomic E-state index is 12.3. The fourth-order valence-electron chi connectivity index (χ4n) is 1.03. The maximum atomic E-state index is 12.3. The minimum absolute atomic E-state index is 0.321. The summed E-state index contributed by atoms with van der Waals surface area (Å²) in [4.78, 5) is 0. The number of hydrogen-bond acceptors (Lipinski definition) is 1. The second-order valence-corrected chi connectivity index (χ2v) is 3.17. The number of rotatable bonds is 1. The Morgan fingerprint density at radius 3 is 2.13 bits per heavy atom. The van der Waals surface area contributed by atoms with Crippen LogP contribution in [0, 0.1) is 0 Å². The van der Waals surface area contributed by atoms with Gasteiger partial charge in [0.2, 0.25) is 0 Å². The molecule has 0 aliphatic rings. The smallest absolute Gasteiger partial charge is 0.398 e. The Bertz CT molecular complexity index is 374. The van der Waals surface area contributed by atoms with Crippen molar-refractivity contribution in [2.24, 2.45) is 0 Å². The van der Waals surface area contributed by atoms with Gasteiger partial charge < -0.3 is 5.73 Å². The van der Waals surface area contributed by atoms with Crippen LogP contribution in [0.5, 0.6) is 0 Å². The molecular weight excluding hydrogens is 241 g/mol. The second-order valence-electron chi connectivity index (χ2n) is 2.76. The van der Waals surface area contributed by atoms with Gasteiger partial charge in [-0.3, -0.25) is 0 Å². The van der Waals surface area contributed by atoms with Crippen molar-refractivity contribution in [2.45, 2.75) is 12.6 Å². The van der Waals surface area contributed by atoms with Crippen molar-refractivity contribution in [3.63, 3.8) is 0 Å². The van der Waals surface area contributed by atoms with Crippen molar-refractivity contribution in [2.75, 3.05) is 5.73 Å². The van der Waals surface area contributed by atoms with E-state index >= 15 is 0 Å². The first-order valence-corrected chi connectivity index (χ1v) is 4.05. The third-order valence-corrected chi connectivity index (χ3v) is 2.04. The van der Waals surface area contributed by atoms with Crippen molar-refractivity contribution in [1.82, 2.24) is 0 Å². The molecule has 2 N–H and O–H groups in total. The summed E-state index contributed by atoms with van der Waals surface area (Å²) in [5.41, 5.74) is 2.10. The zero-order valence-electron chi connectivity index (χ0n) is 7.08. The van der Waals surface area contributed by atoms with Crippen LogP contribution in [0.2, 0.25) is 5.02 Å². The minimum Gasteiger partial charge on any atom is -0.398 e. The van der Waals surface area contributed by atoms with Crippen LogP contribution in [0.1, 0.15) is 17.6 Å². The van der Waals surface area contributed by atoms with Crippen molar-refractivity contribution < 1.29 is 22.0 Å². The molecule has 0 aromatic heterocycles. The largest absolute Gasteiger partial charge is 0.416 e. The molecule has 0 spiro atoms. The molecule has 0 bridgehead atoms. The summed E-state index contributed by atoms with van der Waals surface area (Å²) in [7, 11) is 0. The summed E-state index contributed by atoms with van der Waals surface area (Å²) >= 11 is 5.35. The van der Waals surface area contributed by atoms with E-state index in [-0.39, 0.29) is 10.7 Å². The van der Waals surface area contributed by atoms with Crippen LogP contribution < -0.4 is 5.73 Å². The number of halogens is 6. The average Bonchev–Trinajstić information content (AvgIpc) is 2.06.